The van der Waals surface area contributed by atoms with Crippen molar-refractivity contribution < 1.29 is 13.2 Å². The zero-order chi connectivity index (χ0) is 17.9. The number of aromatic nitrogens is 2. The van der Waals surface area contributed by atoms with E-state index in [1.165, 1.54) is 4.31 Å². The van der Waals surface area contributed by atoms with Crippen LogP contribution in [0.15, 0.2) is 11.2 Å². The van der Waals surface area contributed by atoms with Crippen LogP contribution in [0.4, 0.5) is 0 Å². The first-order chi connectivity index (χ1) is 12.0. The largest absolute Gasteiger partial charge is 0.349 e. The van der Waals surface area contributed by atoms with Crippen LogP contribution in [-0.2, 0) is 16.6 Å². The number of hydrogen-bond acceptors (Lipinski definition) is 5. The Kier molecular flexibility index (Phi) is 6.06. The van der Waals surface area contributed by atoms with E-state index < -0.39 is 10.0 Å². The van der Waals surface area contributed by atoms with Gasteiger partial charge in [0.1, 0.15) is 0 Å². The van der Waals surface area contributed by atoms with Gasteiger partial charge in [-0.15, -0.1) is 0 Å². The van der Waals surface area contributed by atoms with Crippen molar-refractivity contribution in [3.05, 3.63) is 11.8 Å². The molecule has 1 saturated heterocycles. The van der Waals surface area contributed by atoms with Crippen LogP contribution in [0.5, 0.6) is 0 Å². The standard InChI is InChI=1S/C16H26N4O3S2/c1-2-7-19-12-14(15(21)17-13-5-3-4-6-13)16(18-19)25(22,23)20-8-10-24-11-9-20/h12-13H,2-11H2,1H3,(H,17,21). The smallest absolute Gasteiger partial charge is 0.263 e. The molecule has 0 bridgehead atoms. The summed E-state index contributed by atoms with van der Waals surface area (Å²) in [4.78, 5) is 12.7. The van der Waals surface area contributed by atoms with E-state index in [4.69, 9.17) is 0 Å². The van der Waals surface area contributed by atoms with E-state index >= 15 is 0 Å². The number of carbonyl (C=O) groups excluding carboxylic acids is 1. The second-order valence-electron chi connectivity index (χ2n) is 6.58. The lowest BCUT2D eigenvalue weighted by Gasteiger charge is -2.25. The van der Waals surface area contributed by atoms with Crippen molar-refractivity contribution in [1.82, 2.24) is 19.4 Å². The summed E-state index contributed by atoms with van der Waals surface area (Å²) < 4.78 is 29.1. The molecule has 2 heterocycles. The molecule has 0 unspecified atom stereocenters. The second-order valence-corrected chi connectivity index (χ2v) is 9.66. The zero-order valence-corrected chi connectivity index (χ0v) is 16.2. The Morgan fingerprint density at radius 1 is 1.32 bits per heavy atom. The second kappa shape index (κ2) is 8.09. The lowest BCUT2D eigenvalue weighted by molar-refractivity contribution is 0.0934. The molecule has 0 spiro atoms. The molecule has 1 aliphatic carbocycles. The summed E-state index contributed by atoms with van der Waals surface area (Å²) in [6.07, 6.45) is 6.54. The van der Waals surface area contributed by atoms with Gasteiger partial charge >= 0.3 is 0 Å². The molecular formula is C16H26N4O3S2. The van der Waals surface area contributed by atoms with Crippen LogP contribution in [0.1, 0.15) is 49.4 Å². The van der Waals surface area contributed by atoms with Crippen LogP contribution in [-0.4, -0.2) is 59.0 Å². The maximum Gasteiger partial charge on any atom is 0.263 e. The van der Waals surface area contributed by atoms with E-state index in [2.05, 4.69) is 10.4 Å². The number of thioether (sulfide) groups is 1. The van der Waals surface area contributed by atoms with Gasteiger partial charge in [-0.1, -0.05) is 19.8 Å². The fourth-order valence-corrected chi connectivity index (χ4v) is 6.01. The molecule has 2 aliphatic rings. The quantitative estimate of drug-likeness (QED) is 0.804. The maximum absolute atomic E-state index is 13.0. The normalized spacial score (nSPS) is 20.0. The van der Waals surface area contributed by atoms with Gasteiger partial charge in [0.15, 0.2) is 0 Å². The third kappa shape index (κ3) is 4.20. The highest BCUT2D eigenvalue weighted by atomic mass is 32.2. The predicted molar refractivity (Wildman–Crippen MR) is 98.3 cm³/mol. The molecule has 1 aromatic heterocycles. The number of nitrogens with zero attached hydrogens (tertiary/aromatic N) is 3. The van der Waals surface area contributed by atoms with E-state index in [9.17, 15) is 13.2 Å². The van der Waals surface area contributed by atoms with Crippen LogP contribution in [0, 0.1) is 0 Å². The number of nitrogens with one attached hydrogen (secondary N) is 1. The minimum atomic E-state index is -3.74. The number of rotatable bonds is 6. The van der Waals surface area contributed by atoms with Gasteiger partial charge in [0.2, 0.25) is 5.03 Å². The fraction of sp³-hybridized carbons (Fsp3) is 0.750. The summed E-state index contributed by atoms with van der Waals surface area (Å²) >= 11 is 1.74. The van der Waals surface area contributed by atoms with Crippen molar-refractivity contribution in [2.75, 3.05) is 24.6 Å². The summed E-state index contributed by atoms with van der Waals surface area (Å²) in [5.74, 6) is 1.23. The molecule has 1 saturated carbocycles. The van der Waals surface area contributed by atoms with E-state index in [1.807, 2.05) is 6.92 Å². The van der Waals surface area contributed by atoms with Gasteiger partial charge in [-0.05, 0) is 19.3 Å². The molecule has 2 fully saturated rings. The average Bonchev–Trinajstić information content (AvgIpc) is 3.26. The van der Waals surface area contributed by atoms with Gasteiger partial charge in [-0.3, -0.25) is 9.48 Å². The van der Waals surface area contributed by atoms with Gasteiger partial charge in [-0.25, -0.2) is 8.42 Å². The van der Waals surface area contributed by atoms with Gasteiger partial charge in [0, 0.05) is 43.4 Å². The lowest BCUT2D eigenvalue weighted by Crippen LogP contribution is -2.39. The molecule has 140 valence electrons. The van der Waals surface area contributed by atoms with Crippen molar-refractivity contribution >= 4 is 27.7 Å². The van der Waals surface area contributed by atoms with Crippen molar-refractivity contribution in [1.29, 1.82) is 0 Å². The first-order valence-electron chi connectivity index (χ1n) is 8.98. The molecule has 0 atom stereocenters. The average molecular weight is 387 g/mol. The molecule has 1 aromatic rings. The van der Waals surface area contributed by atoms with E-state index in [1.54, 1.807) is 22.6 Å². The predicted octanol–water partition coefficient (Wildman–Crippen LogP) is 1.70. The summed E-state index contributed by atoms with van der Waals surface area (Å²) in [7, 11) is -3.74. The van der Waals surface area contributed by atoms with Crippen LogP contribution in [0.3, 0.4) is 0 Å². The Balaban J connectivity index is 1.89. The molecule has 1 N–H and O–H groups in total. The van der Waals surface area contributed by atoms with Crippen molar-refractivity contribution in [3.63, 3.8) is 0 Å². The van der Waals surface area contributed by atoms with E-state index in [0.717, 1.165) is 43.6 Å². The third-order valence-corrected chi connectivity index (χ3v) is 7.45. The number of sulfonamides is 1. The molecule has 3 rings (SSSR count). The molecule has 0 aromatic carbocycles. The third-order valence-electron chi connectivity index (χ3n) is 4.67. The monoisotopic (exact) mass is 386 g/mol. The highest BCUT2D eigenvalue weighted by Crippen LogP contribution is 2.24. The van der Waals surface area contributed by atoms with Crippen LogP contribution >= 0.6 is 11.8 Å². The first kappa shape index (κ1) is 18.7. The SMILES string of the molecule is CCCn1cc(C(=O)NC2CCCC2)c(S(=O)(=O)N2CCSCC2)n1. The Morgan fingerprint density at radius 3 is 2.64 bits per heavy atom. The molecule has 7 nitrogen and oxygen atoms in total. The van der Waals surface area contributed by atoms with Crippen LogP contribution < -0.4 is 5.32 Å². The molecule has 9 heteroatoms. The van der Waals surface area contributed by atoms with Gasteiger partial charge in [-0.2, -0.15) is 21.2 Å². The molecule has 1 aliphatic heterocycles. The summed E-state index contributed by atoms with van der Waals surface area (Å²) in [6, 6.07) is 0.143. The van der Waals surface area contributed by atoms with Gasteiger partial charge in [0.25, 0.3) is 15.9 Å². The highest BCUT2D eigenvalue weighted by molar-refractivity contribution is 7.99. The number of aryl methyl sites for hydroxylation is 1. The van der Waals surface area contributed by atoms with Gasteiger partial charge < -0.3 is 5.32 Å². The maximum atomic E-state index is 13.0. The number of hydrogen-bond donors (Lipinski definition) is 1. The fourth-order valence-electron chi connectivity index (χ4n) is 3.34. The van der Waals surface area contributed by atoms with E-state index in [0.29, 0.717) is 19.6 Å². The Hall–Kier alpha value is -1.06. The van der Waals surface area contributed by atoms with Crippen LogP contribution in [0.25, 0.3) is 0 Å². The van der Waals surface area contributed by atoms with Crippen molar-refractivity contribution in [2.24, 2.45) is 0 Å². The number of carbonyl (C=O) groups is 1. The molecule has 25 heavy (non-hydrogen) atoms. The summed E-state index contributed by atoms with van der Waals surface area (Å²) in [5.41, 5.74) is 0.179. The topological polar surface area (TPSA) is 84.3 Å². The van der Waals surface area contributed by atoms with Crippen molar-refractivity contribution in [3.8, 4) is 0 Å². The first-order valence-corrected chi connectivity index (χ1v) is 11.6. The Bertz CT molecular complexity index is 705. The van der Waals surface area contributed by atoms with Gasteiger partial charge in [0.05, 0.1) is 5.56 Å². The molecule has 1 amide bonds. The van der Waals surface area contributed by atoms with Crippen LogP contribution in [0.2, 0.25) is 0 Å². The molecular weight excluding hydrogens is 360 g/mol. The van der Waals surface area contributed by atoms with Crippen molar-refractivity contribution in [2.45, 2.75) is 56.6 Å². The summed E-state index contributed by atoms with van der Waals surface area (Å²) in [6.45, 7) is 3.53. The minimum Gasteiger partial charge on any atom is -0.349 e. The highest BCUT2D eigenvalue weighted by Gasteiger charge is 2.34. The minimum absolute atomic E-state index is 0.0941. The van der Waals surface area contributed by atoms with E-state index in [-0.39, 0.29) is 22.5 Å². The lowest BCUT2D eigenvalue weighted by atomic mass is 10.2. The zero-order valence-electron chi connectivity index (χ0n) is 14.6. The number of amides is 1. The Labute approximate surface area is 153 Å². The molecule has 0 radical (unpaired) electrons. The summed E-state index contributed by atoms with van der Waals surface area (Å²) in [5, 5.41) is 7.15. The Morgan fingerprint density at radius 2 is 2.00 bits per heavy atom.